The maximum Gasteiger partial charge on any atom is 0.263 e. The van der Waals surface area contributed by atoms with Gasteiger partial charge in [0.2, 0.25) is 0 Å². The standard InChI is InChI=1S/C24H29FN6O2S/c1-12-4-6-15-20(26)21(34-24(15)28-12)23(32)29-14-5-7-17-13(8-14)9-16(25)22(30-17)31-10-18(27-2)19(11-31)33-3/h4,6,9,14,18-19,27H,5,7-8,10-11,26H2,1-3H3,(H,29,32). The zero-order valence-corrected chi connectivity index (χ0v) is 20.3. The number of carbonyl (C=O) groups is 1. The van der Waals surface area contributed by atoms with Crippen LogP contribution >= 0.6 is 11.3 Å². The summed E-state index contributed by atoms with van der Waals surface area (Å²) in [5.41, 5.74) is 9.31. The first kappa shape index (κ1) is 22.9. The predicted molar refractivity (Wildman–Crippen MR) is 132 cm³/mol. The lowest BCUT2D eigenvalue weighted by atomic mass is 9.91. The highest BCUT2D eigenvalue weighted by Gasteiger charge is 2.34. The Morgan fingerprint density at radius 1 is 1.32 bits per heavy atom. The molecule has 3 aromatic rings. The van der Waals surface area contributed by atoms with Gasteiger partial charge in [0.15, 0.2) is 11.6 Å². The Hall–Kier alpha value is -2.82. The number of nitrogen functional groups attached to an aromatic ring is 1. The molecule has 0 spiro atoms. The Balaban J connectivity index is 1.31. The quantitative estimate of drug-likeness (QED) is 0.511. The van der Waals surface area contributed by atoms with Crippen molar-refractivity contribution in [3.8, 4) is 0 Å². The highest BCUT2D eigenvalue weighted by atomic mass is 32.1. The zero-order chi connectivity index (χ0) is 24.0. The van der Waals surface area contributed by atoms with Crippen LogP contribution in [-0.4, -0.2) is 61.3 Å². The number of methoxy groups -OCH3 is 1. The van der Waals surface area contributed by atoms with Gasteiger partial charge in [-0.3, -0.25) is 4.79 Å². The third-order valence-electron chi connectivity index (χ3n) is 6.84. The van der Waals surface area contributed by atoms with E-state index in [9.17, 15) is 4.79 Å². The van der Waals surface area contributed by atoms with Crippen LogP contribution in [0.4, 0.5) is 15.9 Å². The number of amides is 1. The summed E-state index contributed by atoms with van der Waals surface area (Å²) >= 11 is 1.30. The van der Waals surface area contributed by atoms with Crippen molar-refractivity contribution >= 4 is 39.0 Å². The lowest BCUT2D eigenvalue weighted by Gasteiger charge is -2.27. The first-order valence-corrected chi connectivity index (χ1v) is 12.3. The number of likely N-dealkylation sites (N-methyl/N-ethyl adjacent to an activating group) is 1. The summed E-state index contributed by atoms with van der Waals surface area (Å²) in [6.45, 7) is 3.14. The third kappa shape index (κ3) is 4.10. The van der Waals surface area contributed by atoms with E-state index in [1.807, 2.05) is 31.0 Å². The van der Waals surface area contributed by atoms with E-state index in [4.69, 9.17) is 10.5 Å². The molecular weight excluding hydrogens is 455 g/mol. The van der Waals surface area contributed by atoms with Crippen LogP contribution in [0.5, 0.6) is 0 Å². The summed E-state index contributed by atoms with van der Waals surface area (Å²) in [6, 6.07) is 5.38. The molecule has 3 unspecified atom stereocenters. The van der Waals surface area contributed by atoms with Crippen molar-refractivity contribution in [3.05, 3.63) is 45.8 Å². The summed E-state index contributed by atoms with van der Waals surface area (Å²) in [5, 5.41) is 7.11. The van der Waals surface area contributed by atoms with Gasteiger partial charge >= 0.3 is 0 Å². The maximum atomic E-state index is 15.1. The Morgan fingerprint density at radius 3 is 2.88 bits per heavy atom. The molecule has 1 saturated heterocycles. The van der Waals surface area contributed by atoms with Crippen molar-refractivity contribution in [2.75, 3.05) is 37.9 Å². The molecule has 1 aliphatic heterocycles. The minimum Gasteiger partial charge on any atom is -0.397 e. The van der Waals surface area contributed by atoms with Gasteiger partial charge in [0.05, 0.1) is 17.8 Å². The van der Waals surface area contributed by atoms with E-state index in [-0.39, 0.29) is 29.9 Å². The average Bonchev–Trinajstić information content (AvgIpc) is 3.39. The molecule has 1 fully saturated rings. The van der Waals surface area contributed by atoms with Crippen molar-refractivity contribution in [1.29, 1.82) is 0 Å². The number of fused-ring (bicyclic) bond motifs is 2. The predicted octanol–water partition coefficient (Wildman–Crippen LogP) is 2.43. The highest BCUT2D eigenvalue weighted by Crippen LogP contribution is 2.33. The molecule has 0 radical (unpaired) electrons. The van der Waals surface area contributed by atoms with E-state index < -0.39 is 0 Å². The van der Waals surface area contributed by atoms with E-state index in [1.165, 1.54) is 11.3 Å². The molecule has 4 N–H and O–H groups in total. The monoisotopic (exact) mass is 484 g/mol. The minimum atomic E-state index is -0.340. The number of ether oxygens (including phenoxy) is 1. The molecule has 2 aliphatic rings. The number of halogens is 1. The van der Waals surface area contributed by atoms with Gasteiger partial charge in [-0.15, -0.1) is 11.3 Å². The molecule has 8 nitrogen and oxygen atoms in total. The van der Waals surface area contributed by atoms with Crippen LogP contribution in [0.3, 0.4) is 0 Å². The van der Waals surface area contributed by atoms with Gasteiger partial charge in [-0.25, -0.2) is 14.4 Å². The number of pyridine rings is 2. The summed E-state index contributed by atoms with van der Waals surface area (Å²) in [5.74, 6) is -0.174. The number of hydrogen-bond acceptors (Lipinski definition) is 8. The Morgan fingerprint density at radius 2 is 2.15 bits per heavy atom. The first-order valence-electron chi connectivity index (χ1n) is 11.5. The van der Waals surface area contributed by atoms with Gasteiger partial charge in [0.1, 0.15) is 9.71 Å². The number of nitrogens with two attached hydrogens (primary N) is 1. The molecule has 4 heterocycles. The van der Waals surface area contributed by atoms with Crippen LogP contribution in [0, 0.1) is 12.7 Å². The van der Waals surface area contributed by atoms with Crippen LogP contribution in [0.25, 0.3) is 10.2 Å². The van der Waals surface area contributed by atoms with E-state index in [1.54, 1.807) is 13.2 Å². The summed E-state index contributed by atoms with van der Waals surface area (Å²) < 4.78 is 20.6. The smallest absolute Gasteiger partial charge is 0.263 e. The van der Waals surface area contributed by atoms with Gasteiger partial charge in [0.25, 0.3) is 5.91 Å². The normalized spacial score (nSPS) is 22.2. The number of rotatable bonds is 5. The average molecular weight is 485 g/mol. The van der Waals surface area contributed by atoms with Crippen LogP contribution in [0.15, 0.2) is 18.2 Å². The molecule has 34 heavy (non-hydrogen) atoms. The van der Waals surface area contributed by atoms with Crippen molar-refractivity contribution in [1.82, 2.24) is 20.6 Å². The molecule has 0 bridgehead atoms. The minimum absolute atomic E-state index is 0.0118. The number of aromatic nitrogens is 2. The van der Waals surface area contributed by atoms with Crippen LogP contribution in [0.2, 0.25) is 0 Å². The SMILES string of the molecule is CNC1CN(c2nc3c(cc2F)CC(NC(=O)c2sc4nc(C)ccc4c2N)CC3)CC1OC. The van der Waals surface area contributed by atoms with Crippen molar-refractivity contribution in [2.45, 2.75) is 44.4 Å². The molecule has 0 aromatic carbocycles. The fraction of sp³-hybridized carbons (Fsp3) is 0.458. The Labute approximate surface area is 201 Å². The van der Waals surface area contributed by atoms with Crippen LogP contribution in [-0.2, 0) is 17.6 Å². The van der Waals surface area contributed by atoms with Crippen molar-refractivity contribution in [2.24, 2.45) is 0 Å². The fourth-order valence-corrected chi connectivity index (χ4v) is 5.99. The van der Waals surface area contributed by atoms with Gasteiger partial charge < -0.3 is 26.0 Å². The molecule has 3 aromatic heterocycles. The number of thiophene rings is 1. The number of nitrogens with zero attached hydrogens (tertiary/aromatic N) is 3. The number of hydrogen-bond donors (Lipinski definition) is 3. The lowest BCUT2D eigenvalue weighted by molar-refractivity contribution is 0.0938. The van der Waals surface area contributed by atoms with Crippen molar-refractivity contribution in [3.63, 3.8) is 0 Å². The number of anilines is 2. The molecule has 0 saturated carbocycles. The topological polar surface area (TPSA) is 105 Å². The molecule has 5 rings (SSSR count). The van der Waals surface area contributed by atoms with E-state index in [2.05, 4.69) is 20.6 Å². The number of aryl methyl sites for hydroxylation is 2. The lowest BCUT2D eigenvalue weighted by Crippen LogP contribution is -2.39. The third-order valence-corrected chi connectivity index (χ3v) is 7.95. The summed E-state index contributed by atoms with van der Waals surface area (Å²) in [6.07, 6.45) is 1.93. The molecule has 180 valence electrons. The second-order valence-corrected chi connectivity index (χ2v) is 10.0. The maximum absolute atomic E-state index is 15.1. The highest BCUT2D eigenvalue weighted by molar-refractivity contribution is 7.21. The largest absolute Gasteiger partial charge is 0.397 e. The van der Waals surface area contributed by atoms with Gasteiger partial charge in [-0.2, -0.15) is 0 Å². The molecular formula is C24H29FN6O2S. The second kappa shape index (κ2) is 9.09. The van der Waals surface area contributed by atoms with Gasteiger partial charge in [-0.05, 0) is 57.0 Å². The van der Waals surface area contributed by atoms with E-state index in [0.717, 1.165) is 33.6 Å². The Kier molecular flexibility index (Phi) is 6.13. The Bertz CT molecular complexity index is 1240. The van der Waals surface area contributed by atoms with Crippen LogP contribution in [0.1, 0.15) is 33.0 Å². The molecule has 3 atom stereocenters. The molecule has 1 aliphatic carbocycles. The summed E-state index contributed by atoms with van der Waals surface area (Å²) in [7, 11) is 3.56. The van der Waals surface area contributed by atoms with Gasteiger partial charge in [0, 0.05) is 43.0 Å². The zero-order valence-electron chi connectivity index (χ0n) is 19.5. The summed E-state index contributed by atoms with van der Waals surface area (Å²) in [4.78, 5) is 25.3. The van der Waals surface area contributed by atoms with E-state index >= 15 is 4.39 Å². The molecule has 1 amide bonds. The van der Waals surface area contributed by atoms with Gasteiger partial charge in [-0.1, -0.05) is 0 Å². The fourth-order valence-electron chi connectivity index (χ4n) is 4.94. The van der Waals surface area contributed by atoms with Crippen LogP contribution < -0.4 is 21.3 Å². The number of nitrogens with one attached hydrogen (secondary N) is 2. The first-order chi connectivity index (χ1) is 16.4. The second-order valence-electron chi connectivity index (χ2n) is 9.04. The van der Waals surface area contributed by atoms with E-state index in [0.29, 0.717) is 42.3 Å². The number of carbonyl (C=O) groups excluding carboxylic acids is 1. The molecule has 10 heteroatoms. The van der Waals surface area contributed by atoms with Crippen molar-refractivity contribution < 1.29 is 13.9 Å².